The molecule has 0 heterocycles. The minimum absolute atomic E-state index is 0.111. The molecule has 0 saturated carbocycles. The molecule has 0 aliphatic rings. The topological polar surface area (TPSA) is 93.8 Å². The summed E-state index contributed by atoms with van der Waals surface area (Å²) in [5.41, 5.74) is 2.37. The average molecular weight is 368 g/mol. The first-order valence-corrected chi connectivity index (χ1v) is 7.36. The minimum atomic E-state index is -0.546. The van der Waals surface area contributed by atoms with E-state index in [1.807, 2.05) is 0 Å². The molecule has 2 aromatic rings. The Hall–Kier alpha value is -2.64. The molecule has 0 radical (unpaired) electrons. The van der Waals surface area contributed by atoms with E-state index in [0.29, 0.717) is 10.8 Å². The van der Waals surface area contributed by atoms with Gasteiger partial charge >= 0.3 is 0 Å². The van der Waals surface area contributed by atoms with Crippen LogP contribution in [0.1, 0.15) is 5.56 Å². The predicted molar refractivity (Wildman–Crippen MR) is 90.8 cm³/mol. The van der Waals surface area contributed by atoms with Crippen LogP contribution in [-0.4, -0.2) is 23.7 Å². The Morgan fingerprint density at radius 3 is 2.75 bits per heavy atom. The van der Waals surface area contributed by atoms with Crippen molar-refractivity contribution in [2.24, 2.45) is 5.10 Å². The number of ether oxygens (including phenoxy) is 1. The molecule has 0 atom stereocenters. The van der Waals surface area contributed by atoms with E-state index in [2.05, 4.69) is 10.5 Å². The van der Waals surface area contributed by atoms with Gasteiger partial charge in [0.15, 0.2) is 6.61 Å². The van der Waals surface area contributed by atoms with Crippen molar-refractivity contribution in [2.75, 3.05) is 6.61 Å². The molecule has 0 spiro atoms. The number of amides is 1. The predicted octanol–water partition coefficient (Wildman–Crippen LogP) is 3.43. The summed E-state index contributed by atoms with van der Waals surface area (Å²) in [6, 6.07) is 10.6. The van der Waals surface area contributed by atoms with Crippen LogP contribution in [0.3, 0.4) is 0 Å². The molecule has 9 heteroatoms. The van der Waals surface area contributed by atoms with Crippen molar-refractivity contribution in [3.05, 3.63) is 68.2 Å². The lowest BCUT2D eigenvalue weighted by atomic mass is 10.2. The summed E-state index contributed by atoms with van der Waals surface area (Å²) in [7, 11) is 0. The number of hydrogen-bond donors (Lipinski definition) is 1. The van der Waals surface area contributed by atoms with Gasteiger partial charge in [0.05, 0.1) is 21.7 Å². The van der Waals surface area contributed by atoms with Crippen molar-refractivity contribution in [1.29, 1.82) is 0 Å². The van der Waals surface area contributed by atoms with Gasteiger partial charge in [0.25, 0.3) is 11.6 Å². The second-order valence-electron chi connectivity index (χ2n) is 4.47. The van der Waals surface area contributed by atoms with Crippen LogP contribution in [0.25, 0.3) is 0 Å². The molecule has 124 valence electrons. The standard InChI is InChI=1S/C15H11Cl2N3O4/c16-11-5-6-14(12(17)7-11)24-9-15(21)19-18-8-10-3-1-2-4-13(10)20(22)23/h1-8H,9H2,(H,19,21). The van der Waals surface area contributed by atoms with Crippen LogP contribution in [0.4, 0.5) is 5.69 Å². The second-order valence-corrected chi connectivity index (χ2v) is 5.32. The molecule has 0 aliphatic heterocycles. The van der Waals surface area contributed by atoms with Gasteiger partial charge in [-0.3, -0.25) is 14.9 Å². The molecule has 0 bridgehead atoms. The largest absolute Gasteiger partial charge is 0.482 e. The van der Waals surface area contributed by atoms with Gasteiger partial charge in [-0.05, 0) is 24.3 Å². The van der Waals surface area contributed by atoms with Crippen LogP contribution >= 0.6 is 23.2 Å². The highest BCUT2D eigenvalue weighted by molar-refractivity contribution is 6.35. The lowest BCUT2D eigenvalue weighted by Gasteiger charge is -2.06. The van der Waals surface area contributed by atoms with E-state index in [1.54, 1.807) is 12.1 Å². The third-order valence-electron chi connectivity index (χ3n) is 2.78. The quantitative estimate of drug-likeness (QED) is 0.480. The van der Waals surface area contributed by atoms with E-state index < -0.39 is 10.8 Å². The maximum Gasteiger partial charge on any atom is 0.278 e. The molecule has 0 aliphatic carbocycles. The van der Waals surface area contributed by atoms with E-state index >= 15 is 0 Å². The molecule has 24 heavy (non-hydrogen) atoms. The van der Waals surface area contributed by atoms with Crippen LogP contribution in [0.15, 0.2) is 47.6 Å². The van der Waals surface area contributed by atoms with Crippen LogP contribution in [0, 0.1) is 10.1 Å². The van der Waals surface area contributed by atoms with Gasteiger partial charge < -0.3 is 4.74 Å². The van der Waals surface area contributed by atoms with Gasteiger partial charge in [0.2, 0.25) is 0 Å². The van der Waals surface area contributed by atoms with Crippen molar-refractivity contribution in [3.8, 4) is 5.75 Å². The first kappa shape index (κ1) is 17.7. The fourth-order valence-corrected chi connectivity index (χ4v) is 2.17. The average Bonchev–Trinajstić information content (AvgIpc) is 2.54. The Morgan fingerprint density at radius 2 is 2.04 bits per heavy atom. The number of para-hydroxylation sites is 1. The molecule has 0 unspecified atom stereocenters. The van der Waals surface area contributed by atoms with Gasteiger partial charge in [0.1, 0.15) is 5.75 Å². The van der Waals surface area contributed by atoms with Crippen molar-refractivity contribution in [1.82, 2.24) is 5.43 Å². The lowest BCUT2D eigenvalue weighted by Crippen LogP contribution is -2.24. The first-order chi connectivity index (χ1) is 11.5. The summed E-state index contributed by atoms with van der Waals surface area (Å²) in [4.78, 5) is 22.0. The highest BCUT2D eigenvalue weighted by Gasteiger charge is 2.10. The summed E-state index contributed by atoms with van der Waals surface area (Å²) in [5.74, 6) is -0.241. The third kappa shape index (κ3) is 4.94. The summed E-state index contributed by atoms with van der Waals surface area (Å²) in [6.07, 6.45) is 1.19. The summed E-state index contributed by atoms with van der Waals surface area (Å²) >= 11 is 11.7. The normalized spacial score (nSPS) is 10.6. The molecule has 0 saturated heterocycles. The minimum Gasteiger partial charge on any atom is -0.482 e. The number of nitrogens with one attached hydrogen (secondary N) is 1. The fourth-order valence-electron chi connectivity index (χ4n) is 1.70. The Labute approximate surface area is 147 Å². The Kier molecular flexibility index (Phi) is 6.11. The van der Waals surface area contributed by atoms with Gasteiger partial charge in [0, 0.05) is 11.1 Å². The smallest absolute Gasteiger partial charge is 0.278 e. The van der Waals surface area contributed by atoms with E-state index in [1.165, 1.54) is 36.5 Å². The molecule has 1 amide bonds. The number of hydrogen-bond acceptors (Lipinski definition) is 5. The molecular formula is C15H11Cl2N3O4. The van der Waals surface area contributed by atoms with Crippen molar-refractivity contribution < 1.29 is 14.5 Å². The molecule has 1 N–H and O–H groups in total. The molecular weight excluding hydrogens is 357 g/mol. The number of nitro groups is 1. The number of benzene rings is 2. The summed E-state index contributed by atoms with van der Waals surface area (Å²) in [5, 5.41) is 15.2. The molecule has 2 rings (SSSR count). The first-order valence-electron chi connectivity index (χ1n) is 6.60. The van der Waals surface area contributed by atoms with E-state index in [-0.39, 0.29) is 22.9 Å². The monoisotopic (exact) mass is 367 g/mol. The maximum atomic E-state index is 11.7. The molecule has 0 aromatic heterocycles. The second kappa shape index (κ2) is 8.28. The van der Waals surface area contributed by atoms with Crippen LogP contribution in [0.2, 0.25) is 10.0 Å². The molecule has 0 fully saturated rings. The van der Waals surface area contributed by atoms with Gasteiger partial charge in [-0.25, -0.2) is 5.43 Å². The van der Waals surface area contributed by atoms with E-state index in [9.17, 15) is 14.9 Å². The van der Waals surface area contributed by atoms with Crippen LogP contribution in [0.5, 0.6) is 5.75 Å². The zero-order chi connectivity index (χ0) is 17.5. The van der Waals surface area contributed by atoms with Crippen molar-refractivity contribution in [2.45, 2.75) is 0 Å². The number of carbonyl (C=O) groups excluding carboxylic acids is 1. The summed E-state index contributed by atoms with van der Waals surface area (Å²) in [6.45, 7) is -0.324. The number of nitrogens with zero attached hydrogens (tertiary/aromatic N) is 2. The number of hydrazone groups is 1. The highest BCUT2D eigenvalue weighted by Crippen LogP contribution is 2.27. The number of rotatable bonds is 6. The zero-order valence-corrected chi connectivity index (χ0v) is 13.6. The van der Waals surface area contributed by atoms with Gasteiger partial charge in [-0.1, -0.05) is 35.3 Å². The van der Waals surface area contributed by atoms with Crippen molar-refractivity contribution in [3.63, 3.8) is 0 Å². The van der Waals surface area contributed by atoms with E-state index in [0.717, 1.165) is 0 Å². The van der Waals surface area contributed by atoms with Crippen LogP contribution in [-0.2, 0) is 4.79 Å². The maximum absolute atomic E-state index is 11.7. The Morgan fingerprint density at radius 1 is 1.29 bits per heavy atom. The zero-order valence-electron chi connectivity index (χ0n) is 12.1. The van der Waals surface area contributed by atoms with E-state index in [4.69, 9.17) is 27.9 Å². The highest BCUT2D eigenvalue weighted by atomic mass is 35.5. The van der Waals surface area contributed by atoms with Gasteiger partial charge in [-0.2, -0.15) is 5.10 Å². The lowest BCUT2D eigenvalue weighted by molar-refractivity contribution is -0.385. The summed E-state index contributed by atoms with van der Waals surface area (Å²) < 4.78 is 5.23. The van der Waals surface area contributed by atoms with Crippen molar-refractivity contribution >= 4 is 41.0 Å². The fraction of sp³-hybridized carbons (Fsp3) is 0.0667. The number of halogens is 2. The Bertz CT molecular complexity index is 796. The number of nitro benzene ring substituents is 1. The van der Waals surface area contributed by atoms with Gasteiger partial charge in [-0.15, -0.1) is 0 Å². The number of carbonyl (C=O) groups is 1. The van der Waals surface area contributed by atoms with Crippen LogP contribution < -0.4 is 10.2 Å². The molecule has 2 aromatic carbocycles. The Balaban J connectivity index is 1.90. The third-order valence-corrected chi connectivity index (χ3v) is 3.31. The molecule has 7 nitrogen and oxygen atoms in total. The SMILES string of the molecule is O=C(COc1ccc(Cl)cc1Cl)NN=Cc1ccccc1[N+](=O)[O-].